The number of amides is 1. The second kappa shape index (κ2) is 8.09. The lowest BCUT2D eigenvalue weighted by atomic mass is 9.99. The fraction of sp³-hybridized carbons (Fsp3) is 0.611. The van der Waals surface area contributed by atoms with E-state index in [0.717, 1.165) is 31.4 Å². The van der Waals surface area contributed by atoms with Crippen molar-refractivity contribution in [3.63, 3.8) is 0 Å². The number of carbonyl (C=O) groups excluding carboxylic acids is 1. The molecular formula is C18H28N2O3. The van der Waals surface area contributed by atoms with Gasteiger partial charge in [0.25, 0.3) is 0 Å². The molecule has 0 aromatic heterocycles. The van der Waals surface area contributed by atoms with Gasteiger partial charge in [0.2, 0.25) is 5.91 Å². The van der Waals surface area contributed by atoms with Crippen LogP contribution in [0.5, 0.6) is 11.5 Å². The normalized spacial score (nSPS) is 18.0. The first-order valence-electron chi connectivity index (χ1n) is 8.60. The van der Waals surface area contributed by atoms with Gasteiger partial charge in [-0.25, -0.2) is 0 Å². The predicted octanol–water partition coefficient (Wildman–Crippen LogP) is 3.10. The molecule has 23 heavy (non-hydrogen) atoms. The van der Waals surface area contributed by atoms with Gasteiger partial charge in [0.05, 0.1) is 12.3 Å². The lowest BCUT2D eigenvalue weighted by molar-refractivity contribution is -0.134. The maximum Gasteiger partial charge on any atom is 0.223 e. The number of nitrogen functional groups attached to an aromatic ring is 1. The van der Waals surface area contributed by atoms with Gasteiger partial charge in [0, 0.05) is 19.0 Å². The number of nitrogens with zero attached hydrogens (tertiary/aromatic N) is 1. The van der Waals surface area contributed by atoms with Crippen molar-refractivity contribution in [2.75, 3.05) is 18.9 Å². The van der Waals surface area contributed by atoms with Gasteiger partial charge < -0.3 is 20.5 Å². The molecule has 1 amide bonds. The molecule has 1 atom stereocenters. The smallest absolute Gasteiger partial charge is 0.223 e. The first kappa shape index (κ1) is 17.4. The molecule has 1 fully saturated rings. The number of hydrogen-bond donors (Lipinski definition) is 2. The minimum Gasteiger partial charge on any atom is -0.503 e. The van der Waals surface area contributed by atoms with E-state index in [0.29, 0.717) is 36.9 Å². The fourth-order valence-corrected chi connectivity index (χ4v) is 3.25. The number of aryl methyl sites for hydroxylation is 1. The van der Waals surface area contributed by atoms with E-state index in [1.165, 1.54) is 6.42 Å². The van der Waals surface area contributed by atoms with Gasteiger partial charge in [0.1, 0.15) is 0 Å². The first-order valence-corrected chi connectivity index (χ1v) is 8.60. The zero-order chi connectivity index (χ0) is 16.8. The number of rotatable bonds is 6. The Bertz CT molecular complexity index is 545. The molecule has 0 spiro atoms. The van der Waals surface area contributed by atoms with E-state index >= 15 is 0 Å². The SMILES string of the molecule is CCOc1cc(CCC(=O)N2CCCCC2CC)cc(N)c1O. The molecule has 1 heterocycles. The molecule has 2 rings (SSSR count). The number of carbonyl (C=O) groups is 1. The van der Waals surface area contributed by atoms with Gasteiger partial charge in [-0.1, -0.05) is 6.92 Å². The highest BCUT2D eigenvalue weighted by Crippen LogP contribution is 2.34. The molecule has 1 aliphatic heterocycles. The maximum atomic E-state index is 12.5. The molecule has 128 valence electrons. The number of nitrogens with two attached hydrogens (primary N) is 1. The van der Waals surface area contributed by atoms with Gasteiger partial charge in [0.15, 0.2) is 11.5 Å². The van der Waals surface area contributed by atoms with Gasteiger partial charge in [-0.2, -0.15) is 0 Å². The van der Waals surface area contributed by atoms with Crippen LogP contribution in [0.4, 0.5) is 5.69 Å². The van der Waals surface area contributed by atoms with E-state index < -0.39 is 0 Å². The molecule has 3 N–H and O–H groups in total. The average Bonchev–Trinajstić information content (AvgIpc) is 2.57. The molecular weight excluding hydrogens is 292 g/mol. The predicted molar refractivity (Wildman–Crippen MR) is 91.7 cm³/mol. The molecule has 1 saturated heterocycles. The summed E-state index contributed by atoms with van der Waals surface area (Å²) in [5.74, 6) is 0.574. The molecule has 0 aliphatic carbocycles. The van der Waals surface area contributed by atoms with Crippen molar-refractivity contribution in [2.45, 2.75) is 58.4 Å². The van der Waals surface area contributed by atoms with E-state index in [1.54, 1.807) is 12.1 Å². The highest BCUT2D eigenvalue weighted by Gasteiger charge is 2.24. The Morgan fingerprint density at radius 3 is 2.87 bits per heavy atom. The molecule has 0 bridgehead atoms. The summed E-state index contributed by atoms with van der Waals surface area (Å²) in [4.78, 5) is 14.6. The van der Waals surface area contributed by atoms with E-state index in [2.05, 4.69) is 6.92 Å². The van der Waals surface area contributed by atoms with Crippen LogP contribution < -0.4 is 10.5 Å². The van der Waals surface area contributed by atoms with Gasteiger partial charge in [-0.15, -0.1) is 0 Å². The van der Waals surface area contributed by atoms with E-state index in [1.807, 2.05) is 11.8 Å². The number of anilines is 1. The number of benzene rings is 1. The summed E-state index contributed by atoms with van der Waals surface area (Å²) in [7, 11) is 0. The Balaban J connectivity index is 2.01. The van der Waals surface area contributed by atoms with E-state index in [9.17, 15) is 9.90 Å². The zero-order valence-electron chi connectivity index (χ0n) is 14.2. The summed E-state index contributed by atoms with van der Waals surface area (Å²) in [6.45, 7) is 5.33. The standard InChI is InChI=1S/C18H28N2O3/c1-3-14-7-5-6-10-20(14)17(21)9-8-13-11-15(19)18(22)16(12-13)23-4-2/h11-12,14,22H,3-10,19H2,1-2H3. The number of hydrogen-bond acceptors (Lipinski definition) is 4. The summed E-state index contributed by atoms with van der Waals surface area (Å²) in [5.41, 5.74) is 7.03. The minimum absolute atomic E-state index is 0.0241. The minimum atomic E-state index is -0.0241. The van der Waals surface area contributed by atoms with Crippen molar-refractivity contribution >= 4 is 11.6 Å². The summed E-state index contributed by atoms with van der Waals surface area (Å²) in [5, 5.41) is 9.88. The number of phenols is 1. The maximum absolute atomic E-state index is 12.5. The van der Waals surface area contributed by atoms with Crippen LogP contribution in [0.3, 0.4) is 0 Å². The van der Waals surface area contributed by atoms with Crippen LogP contribution in [-0.4, -0.2) is 35.1 Å². The van der Waals surface area contributed by atoms with Crippen LogP contribution in [0.15, 0.2) is 12.1 Å². The Labute approximate surface area is 138 Å². The molecule has 1 unspecified atom stereocenters. The quantitative estimate of drug-likeness (QED) is 0.624. The number of piperidine rings is 1. The van der Waals surface area contributed by atoms with Crippen LogP contribution in [0.2, 0.25) is 0 Å². The van der Waals surface area contributed by atoms with Crippen molar-refractivity contribution < 1.29 is 14.6 Å². The fourth-order valence-electron chi connectivity index (χ4n) is 3.25. The number of likely N-dealkylation sites (tertiary alicyclic amines) is 1. The second-order valence-electron chi connectivity index (χ2n) is 6.11. The second-order valence-corrected chi connectivity index (χ2v) is 6.11. The molecule has 1 aromatic carbocycles. The monoisotopic (exact) mass is 320 g/mol. The van der Waals surface area contributed by atoms with Crippen molar-refractivity contribution in [3.8, 4) is 11.5 Å². The average molecular weight is 320 g/mol. The third-order valence-electron chi connectivity index (χ3n) is 4.51. The summed E-state index contributed by atoms with van der Waals surface area (Å²) in [6.07, 6.45) is 5.52. The van der Waals surface area contributed by atoms with Crippen molar-refractivity contribution in [1.29, 1.82) is 0 Å². The summed E-state index contributed by atoms with van der Waals surface area (Å²) >= 11 is 0. The van der Waals surface area contributed by atoms with Crippen LogP contribution >= 0.6 is 0 Å². The Morgan fingerprint density at radius 2 is 2.17 bits per heavy atom. The third kappa shape index (κ3) is 4.30. The van der Waals surface area contributed by atoms with Crippen molar-refractivity contribution in [1.82, 2.24) is 4.90 Å². The van der Waals surface area contributed by atoms with Gasteiger partial charge >= 0.3 is 0 Å². The molecule has 5 nitrogen and oxygen atoms in total. The van der Waals surface area contributed by atoms with Crippen LogP contribution in [0.25, 0.3) is 0 Å². The van der Waals surface area contributed by atoms with Gasteiger partial charge in [-0.05, 0) is 56.7 Å². The highest BCUT2D eigenvalue weighted by molar-refractivity contribution is 5.77. The van der Waals surface area contributed by atoms with Crippen molar-refractivity contribution in [3.05, 3.63) is 17.7 Å². The van der Waals surface area contributed by atoms with E-state index in [-0.39, 0.29) is 11.7 Å². The number of aromatic hydroxyl groups is 1. The van der Waals surface area contributed by atoms with Crippen LogP contribution in [-0.2, 0) is 11.2 Å². The molecule has 0 radical (unpaired) electrons. The number of ether oxygens (including phenoxy) is 1. The summed E-state index contributed by atoms with van der Waals surface area (Å²) in [6, 6.07) is 3.88. The Kier molecular flexibility index (Phi) is 6.13. The lowest BCUT2D eigenvalue weighted by Crippen LogP contribution is -2.43. The third-order valence-corrected chi connectivity index (χ3v) is 4.51. The molecule has 0 saturated carbocycles. The molecule has 1 aromatic rings. The van der Waals surface area contributed by atoms with Crippen molar-refractivity contribution in [2.24, 2.45) is 0 Å². The Morgan fingerprint density at radius 1 is 1.39 bits per heavy atom. The largest absolute Gasteiger partial charge is 0.503 e. The number of phenolic OH excluding ortho intramolecular Hbond substituents is 1. The zero-order valence-corrected chi connectivity index (χ0v) is 14.2. The molecule has 1 aliphatic rings. The van der Waals surface area contributed by atoms with Crippen LogP contribution in [0.1, 0.15) is 51.5 Å². The highest BCUT2D eigenvalue weighted by atomic mass is 16.5. The Hall–Kier alpha value is -1.91. The topological polar surface area (TPSA) is 75.8 Å². The van der Waals surface area contributed by atoms with Crippen LogP contribution in [0, 0.1) is 0 Å². The van der Waals surface area contributed by atoms with E-state index in [4.69, 9.17) is 10.5 Å². The van der Waals surface area contributed by atoms with Gasteiger partial charge in [-0.3, -0.25) is 4.79 Å². The first-order chi connectivity index (χ1) is 11.1. The summed E-state index contributed by atoms with van der Waals surface area (Å²) < 4.78 is 5.39. The molecule has 5 heteroatoms. The lowest BCUT2D eigenvalue weighted by Gasteiger charge is -2.35.